The number of rotatable bonds is 8. The maximum atomic E-state index is 14.9. The molecule has 1 aliphatic heterocycles. The molecule has 0 aliphatic carbocycles. The summed E-state index contributed by atoms with van der Waals surface area (Å²) in [6.07, 6.45) is 2.82. The Morgan fingerprint density at radius 3 is 2.48 bits per heavy atom. The minimum absolute atomic E-state index is 0.0792. The first-order valence-electron chi connectivity index (χ1n) is 10.7. The Balaban J connectivity index is 1.61. The summed E-state index contributed by atoms with van der Waals surface area (Å²) in [6.45, 7) is 2.72. The highest BCUT2D eigenvalue weighted by Crippen LogP contribution is 2.27. The van der Waals surface area contributed by atoms with Crippen molar-refractivity contribution in [2.45, 2.75) is 19.4 Å². The van der Waals surface area contributed by atoms with Crippen molar-refractivity contribution in [3.63, 3.8) is 0 Å². The minimum Gasteiger partial charge on any atom is -0.474 e. The van der Waals surface area contributed by atoms with Crippen LogP contribution in [0.2, 0.25) is 0 Å². The molecule has 0 spiro atoms. The molecule has 0 bridgehead atoms. The molecule has 1 amide bonds. The van der Waals surface area contributed by atoms with Crippen molar-refractivity contribution in [3.05, 3.63) is 35.7 Å². The molecule has 3 rings (SSSR count). The van der Waals surface area contributed by atoms with Crippen molar-refractivity contribution < 1.29 is 18.3 Å². The zero-order valence-corrected chi connectivity index (χ0v) is 19.9. The Kier molecular flexibility index (Phi) is 8.50. The van der Waals surface area contributed by atoms with Gasteiger partial charge < -0.3 is 24.8 Å². The van der Waals surface area contributed by atoms with Crippen LogP contribution in [0, 0.1) is 11.6 Å². The van der Waals surface area contributed by atoms with E-state index in [2.05, 4.69) is 15.6 Å². The van der Waals surface area contributed by atoms with Gasteiger partial charge in [0.15, 0.2) is 11.6 Å². The molecule has 1 aliphatic rings. The van der Waals surface area contributed by atoms with E-state index in [1.165, 1.54) is 23.9 Å². The maximum Gasteiger partial charge on any atom is 0.256 e. The molecule has 12 heteroatoms. The SMILES string of the molecule is COC(=S)NCc1cn(-c2cc(F)c(N3CCN(C(=O)CCCN(C)C)CC3)c(F)c2)nn1. The van der Waals surface area contributed by atoms with Gasteiger partial charge in [0.25, 0.3) is 5.17 Å². The molecule has 1 N–H and O–H groups in total. The van der Waals surface area contributed by atoms with Crippen molar-refractivity contribution in [1.29, 1.82) is 0 Å². The van der Waals surface area contributed by atoms with Gasteiger partial charge in [-0.2, -0.15) is 0 Å². The molecule has 180 valence electrons. The van der Waals surface area contributed by atoms with Crippen LogP contribution >= 0.6 is 12.2 Å². The fraction of sp³-hybridized carbons (Fsp3) is 0.524. The number of aromatic nitrogens is 3. The number of anilines is 1. The molecular formula is C21H29F2N7O2S. The van der Waals surface area contributed by atoms with Crippen molar-refractivity contribution >= 4 is 29.0 Å². The maximum absolute atomic E-state index is 14.9. The summed E-state index contributed by atoms with van der Waals surface area (Å²) in [5.41, 5.74) is 0.660. The van der Waals surface area contributed by atoms with Crippen LogP contribution in [0.25, 0.3) is 5.69 Å². The average molecular weight is 482 g/mol. The van der Waals surface area contributed by atoms with E-state index in [1.54, 1.807) is 16.0 Å². The second-order valence-electron chi connectivity index (χ2n) is 8.03. The van der Waals surface area contributed by atoms with E-state index in [0.29, 0.717) is 38.3 Å². The van der Waals surface area contributed by atoms with Crippen molar-refractivity contribution in [2.24, 2.45) is 0 Å². The third kappa shape index (κ3) is 6.57. The Morgan fingerprint density at radius 1 is 1.21 bits per heavy atom. The van der Waals surface area contributed by atoms with Gasteiger partial charge in [-0.05, 0) is 39.3 Å². The van der Waals surface area contributed by atoms with Gasteiger partial charge in [-0.3, -0.25) is 4.79 Å². The van der Waals surface area contributed by atoms with E-state index < -0.39 is 11.6 Å². The quantitative estimate of drug-likeness (QED) is 0.570. The number of methoxy groups -OCH3 is 1. The molecule has 0 saturated carbocycles. The van der Waals surface area contributed by atoms with E-state index in [0.717, 1.165) is 13.0 Å². The van der Waals surface area contributed by atoms with Crippen molar-refractivity contribution in [3.8, 4) is 5.69 Å². The summed E-state index contributed by atoms with van der Waals surface area (Å²) in [6, 6.07) is 2.45. The average Bonchev–Trinajstić information content (AvgIpc) is 3.26. The first-order chi connectivity index (χ1) is 15.8. The highest BCUT2D eigenvalue weighted by Gasteiger charge is 2.25. The second kappa shape index (κ2) is 11.3. The van der Waals surface area contributed by atoms with Gasteiger partial charge in [-0.15, -0.1) is 5.10 Å². The fourth-order valence-corrected chi connectivity index (χ4v) is 3.68. The van der Waals surface area contributed by atoms with Crippen molar-refractivity contribution in [1.82, 2.24) is 30.1 Å². The third-order valence-corrected chi connectivity index (χ3v) is 5.66. The van der Waals surface area contributed by atoms with Gasteiger partial charge in [0.2, 0.25) is 5.91 Å². The molecule has 1 fully saturated rings. The predicted octanol–water partition coefficient (Wildman–Crippen LogP) is 1.56. The van der Waals surface area contributed by atoms with Crippen molar-refractivity contribution in [2.75, 3.05) is 58.8 Å². The normalized spacial score (nSPS) is 14.0. The number of carbonyl (C=O) groups is 1. The molecule has 0 radical (unpaired) electrons. The Morgan fingerprint density at radius 2 is 1.88 bits per heavy atom. The zero-order chi connectivity index (χ0) is 24.0. The fourth-order valence-electron chi connectivity index (χ4n) is 3.61. The second-order valence-corrected chi connectivity index (χ2v) is 8.40. The number of carbonyl (C=O) groups excluding carboxylic acids is 1. The molecule has 9 nitrogen and oxygen atoms in total. The van der Waals surface area contributed by atoms with Gasteiger partial charge in [-0.25, -0.2) is 13.5 Å². The Bertz CT molecular complexity index is 954. The zero-order valence-electron chi connectivity index (χ0n) is 19.1. The lowest BCUT2D eigenvalue weighted by molar-refractivity contribution is -0.131. The number of amides is 1. The molecule has 0 unspecified atom stereocenters. The summed E-state index contributed by atoms with van der Waals surface area (Å²) in [5, 5.41) is 10.9. The largest absolute Gasteiger partial charge is 0.474 e. The van der Waals surface area contributed by atoms with Crippen LogP contribution in [0.1, 0.15) is 18.5 Å². The van der Waals surface area contributed by atoms with Crippen LogP contribution in [0.4, 0.5) is 14.5 Å². The minimum atomic E-state index is -0.688. The first kappa shape index (κ1) is 24.8. The lowest BCUT2D eigenvalue weighted by atomic mass is 10.2. The topological polar surface area (TPSA) is 78.8 Å². The van der Waals surface area contributed by atoms with Gasteiger partial charge in [0.1, 0.15) is 11.4 Å². The number of benzene rings is 1. The number of ether oxygens (including phenoxy) is 1. The molecule has 1 saturated heterocycles. The van der Waals surface area contributed by atoms with E-state index in [1.807, 2.05) is 19.0 Å². The van der Waals surface area contributed by atoms with E-state index in [9.17, 15) is 13.6 Å². The summed E-state index contributed by atoms with van der Waals surface area (Å²) in [4.78, 5) is 17.8. The molecule has 2 aromatic rings. The molecule has 33 heavy (non-hydrogen) atoms. The standard InChI is InChI=1S/C21H29F2N7O2S/c1-27(2)6-4-5-19(31)28-7-9-29(10-8-28)20-17(22)11-16(12-18(20)23)30-14-15(25-26-30)13-24-21(33)32-3/h11-12,14H,4-10,13H2,1-3H3,(H,24,33). The molecule has 2 heterocycles. The number of nitrogens with one attached hydrogen (secondary N) is 1. The van der Waals surface area contributed by atoms with Gasteiger partial charge >= 0.3 is 0 Å². The third-order valence-electron chi connectivity index (χ3n) is 5.35. The molecule has 1 aromatic heterocycles. The smallest absolute Gasteiger partial charge is 0.256 e. The van der Waals surface area contributed by atoms with Crippen LogP contribution in [0.5, 0.6) is 0 Å². The number of nitrogens with zero attached hydrogens (tertiary/aromatic N) is 6. The van der Waals surface area contributed by atoms with E-state index in [-0.39, 0.29) is 29.0 Å². The number of thiocarbonyl (C=S) groups is 1. The molecular weight excluding hydrogens is 452 g/mol. The highest BCUT2D eigenvalue weighted by molar-refractivity contribution is 7.80. The summed E-state index contributed by atoms with van der Waals surface area (Å²) in [7, 11) is 5.38. The van der Waals surface area contributed by atoms with E-state index in [4.69, 9.17) is 17.0 Å². The number of hydrogen-bond acceptors (Lipinski definition) is 7. The lowest BCUT2D eigenvalue weighted by Crippen LogP contribution is -2.49. The summed E-state index contributed by atoms with van der Waals surface area (Å²) in [5.74, 6) is -1.30. The monoisotopic (exact) mass is 481 g/mol. The van der Waals surface area contributed by atoms with Crippen LogP contribution < -0.4 is 10.2 Å². The summed E-state index contributed by atoms with van der Waals surface area (Å²) >= 11 is 4.90. The molecule has 0 atom stereocenters. The van der Waals surface area contributed by atoms with Gasteiger partial charge in [0, 0.05) is 44.7 Å². The van der Waals surface area contributed by atoms with Gasteiger partial charge in [0.05, 0.1) is 25.5 Å². The summed E-state index contributed by atoms with van der Waals surface area (Å²) < 4.78 is 36.0. The lowest BCUT2D eigenvalue weighted by Gasteiger charge is -2.36. The van der Waals surface area contributed by atoms with Crippen LogP contribution in [0.3, 0.4) is 0 Å². The molecule has 1 aromatic carbocycles. The number of hydrogen-bond donors (Lipinski definition) is 1. The number of piperazine rings is 1. The van der Waals surface area contributed by atoms with Crippen LogP contribution in [0.15, 0.2) is 18.3 Å². The highest BCUT2D eigenvalue weighted by atomic mass is 32.1. The van der Waals surface area contributed by atoms with Crippen LogP contribution in [-0.4, -0.2) is 89.8 Å². The number of halogens is 2. The van der Waals surface area contributed by atoms with Gasteiger partial charge in [-0.1, -0.05) is 5.21 Å². The Labute approximate surface area is 197 Å². The van der Waals surface area contributed by atoms with Crippen LogP contribution in [-0.2, 0) is 16.1 Å². The Hall–Kier alpha value is -2.86. The first-order valence-corrected chi connectivity index (χ1v) is 11.1. The predicted molar refractivity (Wildman–Crippen MR) is 124 cm³/mol. The van der Waals surface area contributed by atoms with E-state index >= 15 is 0 Å².